The van der Waals surface area contributed by atoms with Crippen molar-refractivity contribution in [2.75, 3.05) is 13.7 Å². The number of methoxy groups -OCH3 is 1. The van der Waals surface area contributed by atoms with Crippen LogP contribution in [0.4, 0.5) is 4.79 Å². The number of aromatic hydroxyl groups is 1. The quantitative estimate of drug-likeness (QED) is 0.631. The van der Waals surface area contributed by atoms with Gasteiger partial charge in [0.25, 0.3) is 0 Å². The van der Waals surface area contributed by atoms with Crippen LogP contribution in [-0.4, -0.2) is 24.8 Å². The molecule has 5 nitrogen and oxygen atoms in total. The summed E-state index contributed by atoms with van der Waals surface area (Å²) in [6.45, 7) is 0.947. The molecular formula is C19H20N2O3S. The normalized spacial score (nSPS) is 10.6. The fourth-order valence-electron chi connectivity index (χ4n) is 2.54. The van der Waals surface area contributed by atoms with E-state index in [1.165, 1.54) is 22.1 Å². The van der Waals surface area contributed by atoms with E-state index in [2.05, 4.69) is 28.8 Å². The predicted molar refractivity (Wildman–Crippen MR) is 100 cm³/mol. The lowest BCUT2D eigenvalue weighted by Crippen LogP contribution is -2.36. The van der Waals surface area contributed by atoms with Crippen molar-refractivity contribution < 1.29 is 14.6 Å². The lowest BCUT2D eigenvalue weighted by atomic mass is 10.2. The van der Waals surface area contributed by atoms with Gasteiger partial charge in [-0.2, -0.15) is 0 Å². The maximum atomic E-state index is 11.9. The minimum absolute atomic E-state index is 0.0824. The Balaban J connectivity index is 1.45. The van der Waals surface area contributed by atoms with Gasteiger partial charge in [-0.3, -0.25) is 0 Å². The van der Waals surface area contributed by atoms with Crippen LogP contribution in [0.1, 0.15) is 10.4 Å². The monoisotopic (exact) mass is 356 g/mol. The number of hydrogen-bond donors (Lipinski definition) is 3. The van der Waals surface area contributed by atoms with E-state index >= 15 is 0 Å². The van der Waals surface area contributed by atoms with Gasteiger partial charge in [0.15, 0.2) is 11.5 Å². The standard InChI is InChI=1S/C19H20N2O3S/c1-24-17-10-13(6-7-16(17)22)12-21-19(23)20-9-8-15-11-14-4-2-3-5-18(14)25-15/h2-7,10-11,22H,8-9,12H2,1H3,(H2,20,21,23). The van der Waals surface area contributed by atoms with Gasteiger partial charge in [0, 0.05) is 22.7 Å². The molecular weight excluding hydrogens is 336 g/mol. The molecule has 6 heteroatoms. The molecule has 0 atom stereocenters. The van der Waals surface area contributed by atoms with Crippen molar-refractivity contribution in [2.24, 2.45) is 0 Å². The topological polar surface area (TPSA) is 70.6 Å². The van der Waals surface area contributed by atoms with Crippen molar-refractivity contribution >= 4 is 27.5 Å². The number of phenols is 1. The van der Waals surface area contributed by atoms with Gasteiger partial charge in [0.1, 0.15) is 0 Å². The highest BCUT2D eigenvalue weighted by Crippen LogP contribution is 2.26. The molecule has 0 bridgehead atoms. The van der Waals surface area contributed by atoms with E-state index in [1.807, 2.05) is 12.1 Å². The van der Waals surface area contributed by atoms with Gasteiger partial charge in [-0.25, -0.2) is 4.79 Å². The zero-order chi connectivity index (χ0) is 17.6. The average molecular weight is 356 g/mol. The predicted octanol–water partition coefficient (Wildman–Crippen LogP) is 3.66. The van der Waals surface area contributed by atoms with Crippen molar-refractivity contribution in [2.45, 2.75) is 13.0 Å². The number of phenolic OH excluding ortho intramolecular Hbond substituents is 1. The summed E-state index contributed by atoms with van der Waals surface area (Å²) in [6.07, 6.45) is 0.805. The second-order valence-electron chi connectivity index (χ2n) is 5.62. The Morgan fingerprint density at radius 2 is 2.00 bits per heavy atom. The molecule has 130 valence electrons. The van der Waals surface area contributed by atoms with Gasteiger partial charge in [0.2, 0.25) is 0 Å². The number of carbonyl (C=O) groups is 1. The summed E-state index contributed by atoms with van der Waals surface area (Å²) in [6, 6.07) is 15.2. The van der Waals surface area contributed by atoms with Crippen molar-refractivity contribution in [1.82, 2.24) is 10.6 Å². The number of thiophene rings is 1. The van der Waals surface area contributed by atoms with E-state index in [1.54, 1.807) is 29.5 Å². The third kappa shape index (κ3) is 4.42. The molecule has 0 radical (unpaired) electrons. The number of rotatable bonds is 6. The van der Waals surface area contributed by atoms with E-state index in [0.717, 1.165) is 12.0 Å². The summed E-state index contributed by atoms with van der Waals surface area (Å²) in [5, 5.41) is 16.5. The first-order valence-corrected chi connectivity index (χ1v) is 8.82. The van der Waals surface area contributed by atoms with Crippen LogP contribution in [0.3, 0.4) is 0 Å². The maximum absolute atomic E-state index is 11.9. The second kappa shape index (κ2) is 7.90. The number of nitrogens with one attached hydrogen (secondary N) is 2. The maximum Gasteiger partial charge on any atom is 0.315 e. The Morgan fingerprint density at radius 1 is 1.16 bits per heavy atom. The highest BCUT2D eigenvalue weighted by molar-refractivity contribution is 7.19. The van der Waals surface area contributed by atoms with Crippen molar-refractivity contribution in [3.8, 4) is 11.5 Å². The Hall–Kier alpha value is -2.73. The van der Waals surface area contributed by atoms with E-state index in [-0.39, 0.29) is 11.8 Å². The Kier molecular flexibility index (Phi) is 5.40. The lowest BCUT2D eigenvalue weighted by molar-refractivity contribution is 0.240. The van der Waals surface area contributed by atoms with Crippen LogP contribution in [-0.2, 0) is 13.0 Å². The molecule has 3 N–H and O–H groups in total. The van der Waals surface area contributed by atoms with Gasteiger partial charge in [-0.15, -0.1) is 11.3 Å². The Morgan fingerprint density at radius 3 is 2.80 bits per heavy atom. The number of amides is 2. The smallest absolute Gasteiger partial charge is 0.315 e. The molecule has 0 saturated heterocycles. The highest BCUT2D eigenvalue weighted by atomic mass is 32.1. The zero-order valence-corrected chi connectivity index (χ0v) is 14.7. The minimum atomic E-state index is -0.215. The molecule has 1 aromatic heterocycles. The summed E-state index contributed by atoms with van der Waals surface area (Å²) < 4.78 is 6.32. The molecule has 3 aromatic rings. The molecule has 1 heterocycles. The van der Waals surface area contributed by atoms with Crippen LogP contribution in [0.5, 0.6) is 11.5 Å². The molecule has 2 amide bonds. The number of benzene rings is 2. The van der Waals surface area contributed by atoms with Crippen LogP contribution in [0.2, 0.25) is 0 Å². The van der Waals surface area contributed by atoms with Crippen LogP contribution in [0, 0.1) is 0 Å². The van der Waals surface area contributed by atoms with Crippen LogP contribution in [0.25, 0.3) is 10.1 Å². The average Bonchev–Trinajstić information content (AvgIpc) is 3.03. The first-order valence-electron chi connectivity index (χ1n) is 8.01. The Labute approximate surface area is 150 Å². The summed E-state index contributed by atoms with van der Waals surface area (Å²) in [5.41, 5.74) is 0.856. The number of ether oxygens (including phenoxy) is 1. The van der Waals surface area contributed by atoms with Gasteiger partial charge in [0.05, 0.1) is 7.11 Å². The molecule has 0 aliphatic carbocycles. The molecule has 3 rings (SSSR count). The van der Waals surface area contributed by atoms with Crippen molar-refractivity contribution in [1.29, 1.82) is 0 Å². The molecule has 25 heavy (non-hydrogen) atoms. The minimum Gasteiger partial charge on any atom is -0.504 e. The van der Waals surface area contributed by atoms with Crippen molar-refractivity contribution in [3.63, 3.8) is 0 Å². The van der Waals surface area contributed by atoms with Gasteiger partial charge >= 0.3 is 6.03 Å². The van der Waals surface area contributed by atoms with Gasteiger partial charge in [-0.05, 0) is 41.6 Å². The molecule has 0 spiro atoms. The molecule has 0 aliphatic rings. The lowest BCUT2D eigenvalue weighted by Gasteiger charge is -2.09. The molecule has 0 unspecified atom stereocenters. The SMILES string of the molecule is COc1cc(CNC(=O)NCCc2cc3ccccc3s2)ccc1O. The van der Waals surface area contributed by atoms with E-state index in [9.17, 15) is 9.90 Å². The molecule has 0 fully saturated rings. The van der Waals surface area contributed by atoms with E-state index in [0.29, 0.717) is 18.8 Å². The Bertz CT molecular complexity index is 843. The largest absolute Gasteiger partial charge is 0.504 e. The molecule has 0 saturated carbocycles. The van der Waals surface area contributed by atoms with Crippen LogP contribution >= 0.6 is 11.3 Å². The molecule has 0 aliphatic heterocycles. The highest BCUT2D eigenvalue weighted by Gasteiger charge is 2.05. The third-order valence-electron chi connectivity index (χ3n) is 3.83. The van der Waals surface area contributed by atoms with Crippen molar-refractivity contribution in [3.05, 3.63) is 59.0 Å². The number of hydrogen-bond acceptors (Lipinski definition) is 4. The van der Waals surface area contributed by atoms with Crippen LogP contribution in [0.15, 0.2) is 48.5 Å². The van der Waals surface area contributed by atoms with E-state index in [4.69, 9.17) is 4.74 Å². The summed E-state index contributed by atoms with van der Waals surface area (Å²) >= 11 is 1.76. The summed E-state index contributed by atoms with van der Waals surface area (Å²) in [5.74, 6) is 0.475. The number of carbonyl (C=O) groups excluding carboxylic acids is 1. The first-order chi connectivity index (χ1) is 12.2. The summed E-state index contributed by atoms with van der Waals surface area (Å²) in [4.78, 5) is 13.2. The summed E-state index contributed by atoms with van der Waals surface area (Å²) in [7, 11) is 1.49. The third-order valence-corrected chi connectivity index (χ3v) is 5.01. The first kappa shape index (κ1) is 17.1. The second-order valence-corrected chi connectivity index (χ2v) is 6.78. The van der Waals surface area contributed by atoms with Gasteiger partial charge < -0.3 is 20.5 Å². The number of fused-ring (bicyclic) bond motifs is 1. The number of urea groups is 1. The fourth-order valence-corrected chi connectivity index (χ4v) is 3.60. The fraction of sp³-hybridized carbons (Fsp3) is 0.211. The van der Waals surface area contributed by atoms with E-state index < -0.39 is 0 Å². The van der Waals surface area contributed by atoms with Gasteiger partial charge in [-0.1, -0.05) is 24.3 Å². The zero-order valence-electron chi connectivity index (χ0n) is 13.9. The molecule has 2 aromatic carbocycles. The van der Waals surface area contributed by atoms with Crippen LogP contribution < -0.4 is 15.4 Å².